The molecule has 10 heteroatoms. The molecule has 3 aromatic rings. The zero-order valence-corrected chi connectivity index (χ0v) is 19.7. The Morgan fingerprint density at radius 3 is 2.78 bits per heavy atom. The lowest BCUT2D eigenvalue weighted by atomic mass is 9.96. The van der Waals surface area contributed by atoms with Gasteiger partial charge in [-0.1, -0.05) is 23.4 Å². The van der Waals surface area contributed by atoms with Crippen LogP contribution >= 0.6 is 11.3 Å². The second kappa shape index (κ2) is 9.51. The second-order valence-electron chi connectivity index (χ2n) is 8.13. The number of hydrogen-bond donors (Lipinski definition) is 1. The van der Waals surface area contributed by atoms with Crippen molar-refractivity contribution in [2.24, 2.45) is 5.92 Å². The molecule has 1 saturated heterocycles. The van der Waals surface area contributed by atoms with E-state index in [1.165, 1.54) is 6.26 Å². The number of hydrogen-bond acceptors (Lipinski definition) is 8. The molecule has 32 heavy (non-hydrogen) atoms. The highest BCUT2D eigenvalue weighted by Gasteiger charge is 2.28. The van der Waals surface area contributed by atoms with Crippen molar-refractivity contribution in [1.29, 1.82) is 0 Å². The van der Waals surface area contributed by atoms with Crippen LogP contribution in [0.5, 0.6) is 0 Å². The maximum atomic E-state index is 12.9. The van der Waals surface area contributed by atoms with Crippen LogP contribution < -0.4 is 5.32 Å². The van der Waals surface area contributed by atoms with E-state index in [-0.39, 0.29) is 22.8 Å². The van der Waals surface area contributed by atoms with Gasteiger partial charge in [-0.2, -0.15) is 4.98 Å². The Morgan fingerprint density at radius 2 is 2.09 bits per heavy atom. The van der Waals surface area contributed by atoms with Crippen LogP contribution in [0.2, 0.25) is 0 Å². The van der Waals surface area contributed by atoms with Gasteiger partial charge in [-0.05, 0) is 55.5 Å². The molecule has 2 atom stereocenters. The van der Waals surface area contributed by atoms with Crippen molar-refractivity contribution in [1.82, 2.24) is 20.4 Å². The first-order valence-electron chi connectivity index (χ1n) is 10.5. The van der Waals surface area contributed by atoms with Crippen molar-refractivity contribution in [2.75, 3.05) is 19.3 Å². The average molecular weight is 475 g/mol. The molecule has 8 nitrogen and oxygen atoms in total. The third-order valence-corrected chi connectivity index (χ3v) is 7.61. The molecule has 2 unspecified atom stereocenters. The van der Waals surface area contributed by atoms with Crippen molar-refractivity contribution in [2.45, 2.75) is 37.2 Å². The quantitative estimate of drug-likeness (QED) is 0.560. The smallest absolute Gasteiger partial charge is 0.241 e. The van der Waals surface area contributed by atoms with E-state index in [0.29, 0.717) is 24.8 Å². The fraction of sp³-hybridized carbons (Fsp3) is 0.409. The van der Waals surface area contributed by atoms with E-state index >= 15 is 0 Å². The van der Waals surface area contributed by atoms with Crippen LogP contribution in [0.1, 0.15) is 37.3 Å². The molecule has 0 spiro atoms. The topological polar surface area (TPSA) is 105 Å². The van der Waals surface area contributed by atoms with Gasteiger partial charge in [-0.3, -0.25) is 9.69 Å². The summed E-state index contributed by atoms with van der Waals surface area (Å²) in [7, 11) is -3.24. The van der Waals surface area contributed by atoms with Crippen molar-refractivity contribution in [3.05, 3.63) is 53.2 Å². The number of nitrogens with zero attached hydrogens (tertiary/aromatic N) is 3. The zero-order valence-electron chi connectivity index (χ0n) is 18.0. The molecule has 1 aliphatic heterocycles. The number of rotatable bonds is 7. The van der Waals surface area contributed by atoms with E-state index in [1.807, 2.05) is 24.4 Å². The lowest BCUT2D eigenvalue weighted by molar-refractivity contribution is -0.127. The van der Waals surface area contributed by atoms with Gasteiger partial charge in [0.1, 0.15) is 0 Å². The van der Waals surface area contributed by atoms with Gasteiger partial charge in [0.15, 0.2) is 9.84 Å². The zero-order chi connectivity index (χ0) is 22.7. The van der Waals surface area contributed by atoms with Crippen LogP contribution in [0.4, 0.5) is 0 Å². The standard InChI is InChI=1S/C22H26N4O4S2/c1-15(16-7-9-18(10-8-16)32(2,28)29)23-22(27)17-5-3-11-26(13-17)14-20-24-21(25-30-20)19-6-4-12-31-19/h4,6-10,12,15,17H,3,5,11,13-14H2,1-2H3,(H,23,27). The number of nitrogens with one attached hydrogen (secondary N) is 1. The third kappa shape index (κ3) is 5.43. The highest BCUT2D eigenvalue weighted by molar-refractivity contribution is 7.90. The molecular formula is C22H26N4O4S2. The summed E-state index contributed by atoms with van der Waals surface area (Å²) in [5, 5.41) is 9.09. The fourth-order valence-electron chi connectivity index (χ4n) is 3.85. The van der Waals surface area contributed by atoms with Crippen LogP contribution in [0.15, 0.2) is 51.2 Å². The number of likely N-dealkylation sites (tertiary alicyclic amines) is 1. The summed E-state index contributed by atoms with van der Waals surface area (Å²) < 4.78 is 28.7. The molecule has 1 fully saturated rings. The summed E-state index contributed by atoms with van der Waals surface area (Å²) in [6, 6.07) is 10.3. The predicted molar refractivity (Wildman–Crippen MR) is 122 cm³/mol. The number of piperidine rings is 1. The van der Waals surface area contributed by atoms with E-state index < -0.39 is 9.84 Å². The SMILES string of the molecule is CC(NC(=O)C1CCCN(Cc2nc(-c3cccs3)no2)C1)c1ccc(S(C)(=O)=O)cc1. The van der Waals surface area contributed by atoms with Crippen LogP contribution in [-0.4, -0.2) is 48.7 Å². The Morgan fingerprint density at radius 1 is 1.31 bits per heavy atom. The number of amides is 1. The van der Waals surface area contributed by atoms with Crippen molar-refractivity contribution >= 4 is 27.1 Å². The average Bonchev–Trinajstić information content (AvgIpc) is 3.45. The third-order valence-electron chi connectivity index (χ3n) is 5.61. The van der Waals surface area contributed by atoms with Gasteiger partial charge < -0.3 is 9.84 Å². The summed E-state index contributed by atoms with van der Waals surface area (Å²) in [6.45, 7) is 3.93. The molecule has 1 aromatic carbocycles. The normalized spacial score (nSPS) is 18.4. The first-order valence-corrected chi connectivity index (χ1v) is 13.3. The lowest BCUT2D eigenvalue weighted by Crippen LogP contribution is -2.43. The molecule has 0 aliphatic carbocycles. The summed E-state index contributed by atoms with van der Waals surface area (Å²) in [5.41, 5.74) is 0.866. The molecule has 170 valence electrons. The maximum absolute atomic E-state index is 12.9. The summed E-state index contributed by atoms with van der Waals surface area (Å²) in [6.07, 6.45) is 2.92. The number of carbonyl (C=O) groups excluding carboxylic acids is 1. The number of benzene rings is 1. The van der Waals surface area contributed by atoms with Crippen LogP contribution in [0.25, 0.3) is 10.7 Å². The summed E-state index contributed by atoms with van der Waals surface area (Å²) in [5.74, 6) is 1.02. The Bertz CT molecular complexity index is 1160. The Kier molecular flexibility index (Phi) is 6.73. The minimum atomic E-state index is -3.24. The number of sulfone groups is 1. The van der Waals surface area contributed by atoms with Crippen molar-refractivity contribution < 1.29 is 17.7 Å². The monoisotopic (exact) mass is 474 g/mol. The fourth-order valence-corrected chi connectivity index (χ4v) is 5.13. The largest absolute Gasteiger partial charge is 0.349 e. The van der Waals surface area contributed by atoms with E-state index in [0.717, 1.165) is 29.8 Å². The van der Waals surface area contributed by atoms with Gasteiger partial charge >= 0.3 is 0 Å². The molecule has 0 radical (unpaired) electrons. The number of carbonyl (C=O) groups is 1. The first-order chi connectivity index (χ1) is 15.3. The molecule has 1 N–H and O–H groups in total. The highest BCUT2D eigenvalue weighted by atomic mass is 32.2. The molecule has 2 aromatic heterocycles. The molecule has 4 rings (SSSR count). The Hall–Kier alpha value is -2.56. The van der Waals surface area contributed by atoms with E-state index in [9.17, 15) is 13.2 Å². The lowest BCUT2D eigenvalue weighted by Gasteiger charge is -2.31. The van der Waals surface area contributed by atoms with E-state index in [4.69, 9.17) is 4.52 Å². The molecule has 1 amide bonds. The highest BCUT2D eigenvalue weighted by Crippen LogP contribution is 2.24. The first kappa shape index (κ1) is 22.6. The van der Waals surface area contributed by atoms with Crippen molar-refractivity contribution in [3.8, 4) is 10.7 Å². The summed E-state index contributed by atoms with van der Waals surface area (Å²) in [4.78, 5) is 20.8. The van der Waals surface area contributed by atoms with Crippen LogP contribution in [0, 0.1) is 5.92 Å². The van der Waals surface area contributed by atoms with Gasteiger partial charge in [0.05, 0.1) is 28.3 Å². The number of thiophene rings is 1. The maximum Gasteiger partial charge on any atom is 0.241 e. The van der Waals surface area contributed by atoms with Gasteiger partial charge in [-0.25, -0.2) is 8.42 Å². The van der Waals surface area contributed by atoms with Gasteiger partial charge in [0.25, 0.3) is 0 Å². The molecule has 0 saturated carbocycles. The van der Waals surface area contributed by atoms with Gasteiger partial charge in [-0.15, -0.1) is 11.3 Å². The van der Waals surface area contributed by atoms with Gasteiger partial charge in [0, 0.05) is 12.8 Å². The van der Waals surface area contributed by atoms with E-state index in [2.05, 4.69) is 20.4 Å². The minimum absolute atomic E-state index is 0.000747. The van der Waals surface area contributed by atoms with Crippen molar-refractivity contribution in [3.63, 3.8) is 0 Å². The second-order valence-corrected chi connectivity index (χ2v) is 11.1. The van der Waals surface area contributed by atoms with E-state index in [1.54, 1.807) is 35.6 Å². The Labute approximate surface area is 191 Å². The molecule has 1 aliphatic rings. The Balaban J connectivity index is 1.33. The van der Waals surface area contributed by atoms with Crippen LogP contribution in [0.3, 0.4) is 0 Å². The molecular weight excluding hydrogens is 448 g/mol. The number of aromatic nitrogens is 2. The summed E-state index contributed by atoms with van der Waals surface area (Å²) >= 11 is 1.56. The van der Waals surface area contributed by atoms with Gasteiger partial charge in [0.2, 0.25) is 17.6 Å². The molecule has 3 heterocycles. The predicted octanol–water partition coefficient (Wildman–Crippen LogP) is 3.29. The molecule has 0 bridgehead atoms. The van der Waals surface area contributed by atoms with Crippen LogP contribution in [-0.2, 0) is 21.2 Å². The minimum Gasteiger partial charge on any atom is -0.349 e.